The van der Waals surface area contributed by atoms with Crippen LogP contribution in [0.1, 0.15) is 30.5 Å². The lowest BCUT2D eigenvalue weighted by atomic mass is 9.87. The molecule has 1 N–H and O–H groups in total. The van der Waals surface area contributed by atoms with Gasteiger partial charge in [-0.1, -0.05) is 37.6 Å². The fourth-order valence-corrected chi connectivity index (χ4v) is 1.87. The molecule has 0 aliphatic rings. The highest BCUT2D eigenvalue weighted by Gasteiger charge is 2.22. The number of rotatable bonds is 4. The molecule has 0 spiro atoms. The monoisotopic (exact) mass is 220 g/mol. The largest absolute Gasteiger partial charge is 0.481 e. The molecule has 0 bridgehead atoms. The zero-order valence-corrected chi connectivity index (χ0v) is 10.4. The molecule has 1 unspecified atom stereocenters. The van der Waals surface area contributed by atoms with E-state index in [9.17, 15) is 4.79 Å². The first-order valence-corrected chi connectivity index (χ1v) is 5.70. The van der Waals surface area contributed by atoms with E-state index < -0.39 is 5.97 Å². The van der Waals surface area contributed by atoms with Crippen LogP contribution in [0.15, 0.2) is 18.2 Å². The van der Waals surface area contributed by atoms with Crippen LogP contribution in [0.3, 0.4) is 0 Å². The van der Waals surface area contributed by atoms with Crippen molar-refractivity contribution in [3.05, 3.63) is 34.9 Å². The molecule has 0 aromatic heterocycles. The minimum atomic E-state index is -0.698. The van der Waals surface area contributed by atoms with E-state index in [-0.39, 0.29) is 11.8 Å². The Bertz CT molecular complexity index is 380. The number of aryl methyl sites for hydroxylation is 2. The first-order chi connectivity index (χ1) is 7.41. The molecule has 2 nitrogen and oxygen atoms in total. The Labute approximate surface area is 97.3 Å². The quantitative estimate of drug-likeness (QED) is 0.846. The van der Waals surface area contributed by atoms with Crippen LogP contribution in [0, 0.1) is 25.7 Å². The lowest BCUT2D eigenvalue weighted by Crippen LogP contribution is -2.22. The Kier molecular flexibility index (Phi) is 4.11. The number of hydrogen-bond donors (Lipinski definition) is 1. The predicted octanol–water partition coefficient (Wildman–Crippen LogP) is 3.20. The molecule has 0 fully saturated rings. The summed E-state index contributed by atoms with van der Waals surface area (Å²) >= 11 is 0. The van der Waals surface area contributed by atoms with Gasteiger partial charge in [0.2, 0.25) is 0 Å². The Morgan fingerprint density at radius 2 is 1.94 bits per heavy atom. The summed E-state index contributed by atoms with van der Waals surface area (Å²) in [6, 6.07) is 6.21. The third-order valence-electron chi connectivity index (χ3n) is 3.07. The second kappa shape index (κ2) is 5.15. The summed E-state index contributed by atoms with van der Waals surface area (Å²) in [6.45, 7) is 8.00. The van der Waals surface area contributed by atoms with E-state index in [2.05, 4.69) is 18.2 Å². The zero-order chi connectivity index (χ0) is 12.3. The fraction of sp³-hybridized carbons (Fsp3) is 0.500. The topological polar surface area (TPSA) is 37.3 Å². The van der Waals surface area contributed by atoms with Gasteiger partial charge >= 0.3 is 5.97 Å². The van der Waals surface area contributed by atoms with Crippen LogP contribution in [0.25, 0.3) is 0 Å². The molecular formula is C14H20O2. The first kappa shape index (κ1) is 12.8. The smallest absolute Gasteiger partial charge is 0.307 e. The molecule has 88 valence electrons. The van der Waals surface area contributed by atoms with Gasteiger partial charge in [0.1, 0.15) is 0 Å². The fourth-order valence-electron chi connectivity index (χ4n) is 1.87. The Hall–Kier alpha value is -1.31. The average molecular weight is 220 g/mol. The average Bonchev–Trinajstić information content (AvgIpc) is 2.18. The van der Waals surface area contributed by atoms with Crippen molar-refractivity contribution < 1.29 is 9.90 Å². The minimum Gasteiger partial charge on any atom is -0.481 e. The Balaban J connectivity index is 2.93. The number of aliphatic carboxylic acids is 1. The zero-order valence-electron chi connectivity index (χ0n) is 10.4. The number of hydrogen-bond acceptors (Lipinski definition) is 1. The third-order valence-corrected chi connectivity index (χ3v) is 3.07. The molecule has 0 radical (unpaired) electrons. The van der Waals surface area contributed by atoms with Gasteiger partial charge in [0.15, 0.2) is 0 Å². The van der Waals surface area contributed by atoms with Crippen molar-refractivity contribution in [2.24, 2.45) is 11.8 Å². The minimum absolute atomic E-state index is 0.164. The molecule has 0 saturated heterocycles. The number of carboxylic acids is 1. The summed E-state index contributed by atoms with van der Waals surface area (Å²) in [6.07, 6.45) is 0.626. The van der Waals surface area contributed by atoms with E-state index >= 15 is 0 Å². The van der Waals surface area contributed by atoms with Crippen molar-refractivity contribution in [2.45, 2.75) is 34.1 Å². The Morgan fingerprint density at radius 3 is 2.44 bits per heavy atom. The van der Waals surface area contributed by atoms with Crippen molar-refractivity contribution >= 4 is 5.97 Å². The summed E-state index contributed by atoms with van der Waals surface area (Å²) in [5, 5.41) is 9.17. The maximum Gasteiger partial charge on any atom is 0.307 e. The maximum absolute atomic E-state index is 11.1. The van der Waals surface area contributed by atoms with E-state index in [0.29, 0.717) is 6.42 Å². The van der Waals surface area contributed by atoms with Gasteiger partial charge in [0.05, 0.1) is 5.92 Å². The number of carboxylic acid groups (broad SMARTS) is 1. The molecule has 0 amide bonds. The van der Waals surface area contributed by atoms with Gasteiger partial charge in [-0.25, -0.2) is 0 Å². The van der Waals surface area contributed by atoms with Crippen LogP contribution >= 0.6 is 0 Å². The molecule has 1 aromatic rings. The molecule has 0 aliphatic carbocycles. The summed E-state index contributed by atoms with van der Waals surface area (Å²) in [5.74, 6) is -0.825. The summed E-state index contributed by atoms with van der Waals surface area (Å²) in [5.41, 5.74) is 3.52. The molecule has 1 atom stereocenters. The van der Waals surface area contributed by atoms with Gasteiger partial charge in [-0.05, 0) is 37.3 Å². The van der Waals surface area contributed by atoms with Crippen LogP contribution in [0.2, 0.25) is 0 Å². The molecular weight excluding hydrogens is 200 g/mol. The number of carbonyl (C=O) groups is 1. The van der Waals surface area contributed by atoms with E-state index in [1.165, 1.54) is 11.1 Å². The third kappa shape index (κ3) is 3.09. The summed E-state index contributed by atoms with van der Waals surface area (Å²) < 4.78 is 0. The van der Waals surface area contributed by atoms with Gasteiger partial charge < -0.3 is 5.11 Å². The molecule has 0 heterocycles. The molecule has 0 aliphatic heterocycles. The SMILES string of the molecule is Cc1ccc(C)c(CC(C(=O)O)C(C)C)c1. The van der Waals surface area contributed by atoms with Crippen molar-refractivity contribution in [3.8, 4) is 0 Å². The highest BCUT2D eigenvalue weighted by atomic mass is 16.4. The summed E-state index contributed by atoms with van der Waals surface area (Å²) in [7, 11) is 0. The summed E-state index contributed by atoms with van der Waals surface area (Å²) in [4.78, 5) is 11.1. The van der Waals surface area contributed by atoms with E-state index in [0.717, 1.165) is 5.56 Å². The molecule has 0 saturated carbocycles. The molecule has 2 heteroatoms. The number of benzene rings is 1. The Morgan fingerprint density at radius 1 is 1.31 bits per heavy atom. The van der Waals surface area contributed by atoms with Crippen LogP contribution in [0.5, 0.6) is 0 Å². The van der Waals surface area contributed by atoms with Crippen LogP contribution in [-0.2, 0) is 11.2 Å². The standard InChI is InChI=1S/C14H20O2/c1-9(2)13(14(15)16)8-12-7-10(3)5-6-11(12)4/h5-7,9,13H,8H2,1-4H3,(H,15,16). The molecule has 16 heavy (non-hydrogen) atoms. The second-order valence-electron chi connectivity index (χ2n) is 4.82. The van der Waals surface area contributed by atoms with Gasteiger partial charge in [0.25, 0.3) is 0 Å². The lowest BCUT2D eigenvalue weighted by Gasteiger charge is -2.17. The van der Waals surface area contributed by atoms with Gasteiger partial charge in [-0.15, -0.1) is 0 Å². The highest BCUT2D eigenvalue weighted by molar-refractivity contribution is 5.70. The van der Waals surface area contributed by atoms with Gasteiger partial charge in [-0.3, -0.25) is 4.79 Å². The first-order valence-electron chi connectivity index (χ1n) is 5.70. The van der Waals surface area contributed by atoms with E-state index in [1.807, 2.05) is 27.7 Å². The highest BCUT2D eigenvalue weighted by Crippen LogP contribution is 2.20. The van der Waals surface area contributed by atoms with Gasteiger partial charge in [-0.2, -0.15) is 0 Å². The van der Waals surface area contributed by atoms with E-state index in [1.54, 1.807) is 0 Å². The maximum atomic E-state index is 11.1. The van der Waals surface area contributed by atoms with Crippen molar-refractivity contribution in [2.75, 3.05) is 0 Å². The lowest BCUT2D eigenvalue weighted by molar-refractivity contribution is -0.143. The molecule has 1 rings (SSSR count). The normalized spacial score (nSPS) is 12.8. The predicted molar refractivity (Wildman–Crippen MR) is 65.6 cm³/mol. The van der Waals surface area contributed by atoms with Crippen LogP contribution in [0.4, 0.5) is 0 Å². The van der Waals surface area contributed by atoms with E-state index in [4.69, 9.17) is 5.11 Å². The van der Waals surface area contributed by atoms with Gasteiger partial charge in [0, 0.05) is 0 Å². The second-order valence-corrected chi connectivity index (χ2v) is 4.82. The van der Waals surface area contributed by atoms with Crippen LogP contribution < -0.4 is 0 Å². The van der Waals surface area contributed by atoms with Crippen molar-refractivity contribution in [1.29, 1.82) is 0 Å². The van der Waals surface area contributed by atoms with Crippen molar-refractivity contribution in [1.82, 2.24) is 0 Å². The molecule has 1 aromatic carbocycles. The van der Waals surface area contributed by atoms with Crippen LogP contribution in [-0.4, -0.2) is 11.1 Å². The van der Waals surface area contributed by atoms with Crippen molar-refractivity contribution in [3.63, 3.8) is 0 Å².